The standard InChI is InChI=1S/C15H10Br2FN3/c16-9-14-19-20-15(12-7-6-10(17)8-13(12)18)21(14)11-4-2-1-3-5-11/h1-8H,9H2. The van der Waals surface area contributed by atoms with Gasteiger partial charge in [0.25, 0.3) is 0 Å². The monoisotopic (exact) mass is 409 g/mol. The molecule has 3 nitrogen and oxygen atoms in total. The van der Waals surface area contributed by atoms with Crippen molar-refractivity contribution < 1.29 is 4.39 Å². The van der Waals surface area contributed by atoms with Crippen molar-refractivity contribution in [2.24, 2.45) is 0 Å². The van der Waals surface area contributed by atoms with Gasteiger partial charge in [0.1, 0.15) is 11.6 Å². The van der Waals surface area contributed by atoms with Gasteiger partial charge in [0.05, 0.1) is 10.9 Å². The van der Waals surface area contributed by atoms with Crippen LogP contribution in [0, 0.1) is 5.82 Å². The Bertz CT molecular complexity index is 772. The number of hydrogen-bond acceptors (Lipinski definition) is 2. The highest BCUT2D eigenvalue weighted by molar-refractivity contribution is 9.10. The maximum atomic E-state index is 14.2. The second-order valence-electron chi connectivity index (χ2n) is 4.37. The van der Waals surface area contributed by atoms with E-state index < -0.39 is 0 Å². The largest absolute Gasteiger partial charge is 0.278 e. The Morgan fingerprint density at radius 3 is 2.48 bits per heavy atom. The van der Waals surface area contributed by atoms with Crippen molar-refractivity contribution >= 4 is 31.9 Å². The molecule has 0 N–H and O–H groups in total. The Balaban J connectivity index is 2.22. The van der Waals surface area contributed by atoms with Crippen LogP contribution in [0.5, 0.6) is 0 Å². The summed E-state index contributed by atoms with van der Waals surface area (Å²) in [6.45, 7) is 0. The minimum absolute atomic E-state index is 0.338. The molecule has 0 saturated heterocycles. The van der Waals surface area contributed by atoms with Gasteiger partial charge in [0.2, 0.25) is 0 Å². The van der Waals surface area contributed by atoms with E-state index in [9.17, 15) is 4.39 Å². The molecule has 106 valence electrons. The van der Waals surface area contributed by atoms with E-state index in [1.807, 2.05) is 34.9 Å². The molecular formula is C15H10Br2FN3. The molecule has 21 heavy (non-hydrogen) atoms. The summed E-state index contributed by atoms with van der Waals surface area (Å²) in [7, 11) is 0. The number of benzene rings is 2. The van der Waals surface area contributed by atoms with Gasteiger partial charge >= 0.3 is 0 Å². The van der Waals surface area contributed by atoms with Gasteiger partial charge in [-0.15, -0.1) is 10.2 Å². The zero-order valence-electron chi connectivity index (χ0n) is 10.8. The SMILES string of the molecule is Fc1cc(Br)ccc1-c1nnc(CBr)n1-c1ccccc1. The van der Waals surface area contributed by atoms with Gasteiger partial charge in [0, 0.05) is 10.2 Å². The Kier molecular flexibility index (Phi) is 4.17. The first kappa shape index (κ1) is 14.4. The van der Waals surface area contributed by atoms with Crippen LogP contribution in [-0.2, 0) is 5.33 Å². The number of alkyl halides is 1. The quantitative estimate of drug-likeness (QED) is 0.584. The highest BCUT2D eigenvalue weighted by Gasteiger charge is 2.17. The van der Waals surface area contributed by atoms with E-state index in [-0.39, 0.29) is 5.82 Å². The number of nitrogens with zero attached hydrogens (tertiary/aromatic N) is 3. The van der Waals surface area contributed by atoms with Gasteiger partial charge in [-0.25, -0.2) is 4.39 Å². The van der Waals surface area contributed by atoms with Gasteiger partial charge in [-0.3, -0.25) is 4.57 Å². The smallest absolute Gasteiger partial charge is 0.171 e. The zero-order valence-corrected chi connectivity index (χ0v) is 14.0. The van der Waals surface area contributed by atoms with Crippen LogP contribution < -0.4 is 0 Å². The molecule has 0 unspecified atom stereocenters. The van der Waals surface area contributed by atoms with Crippen molar-refractivity contribution in [3.63, 3.8) is 0 Å². The lowest BCUT2D eigenvalue weighted by Crippen LogP contribution is -2.02. The van der Waals surface area contributed by atoms with E-state index in [0.29, 0.717) is 21.2 Å². The predicted octanol–water partition coefficient (Wildman–Crippen LogP) is 4.73. The summed E-state index contributed by atoms with van der Waals surface area (Å²) in [6, 6.07) is 14.6. The fourth-order valence-electron chi connectivity index (χ4n) is 2.10. The van der Waals surface area contributed by atoms with Crippen LogP contribution in [0.2, 0.25) is 0 Å². The maximum absolute atomic E-state index is 14.2. The molecular weight excluding hydrogens is 401 g/mol. The first-order chi connectivity index (χ1) is 10.2. The summed E-state index contributed by atoms with van der Waals surface area (Å²) in [5, 5.41) is 8.83. The van der Waals surface area contributed by atoms with E-state index in [4.69, 9.17) is 0 Å². The normalized spacial score (nSPS) is 10.8. The van der Waals surface area contributed by atoms with Crippen molar-refractivity contribution in [1.29, 1.82) is 0 Å². The molecule has 0 saturated carbocycles. The molecule has 0 aliphatic rings. The summed E-state index contributed by atoms with van der Waals surface area (Å²) in [4.78, 5) is 0. The molecule has 2 aromatic carbocycles. The van der Waals surface area contributed by atoms with Crippen LogP contribution in [0.15, 0.2) is 53.0 Å². The Morgan fingerprint density at radius 2 is 1.81 bits per heavy atom. The number of para-hydroxylation sites is 1. The fraction of sp³-hybridized carbons (Fsp3) is 0.0667. The van der Waals surface area contributed by atoms with E-state index in [1.165, 1.54) is 6.07 Å². The van der Waals surface area contributed by atoms with Crippen LogP contribution in [0.1, 0.15) is 5.82 Å². The van der Waals surface area contributed by atoms with E-state index in [1.54, 1.807) is 12.1 Å². The molecule has 0 bridgehead atoms. The summed E-state index contributed by atoms with van der Waals surface area (Å²) in [5.74, 6) is 0.870. The number of aromatic nitrogens is 3. The van der Waals surface area contributed by atoms with Crippen molar-refractivity contribution in [2.45, 2.75) is 5.33 Å². The second kappa shape index (κ2) is 6.07. The molecule has 3 aromatic rings. The highest BCUT2D eigenvalue weighted by atomic mass is 79.9. The van der Waals surface area contributed by atoms with Gasteiger partial charge in [-0.1, -0.05) is 50.1 Å². The average molecular weight is 411 g/mol. The fourth-order valence-corrected chi connectivity index (χ4v) is 2.79. The Labute approximate surface area is 138 Å². The zero-order chi connectivity index (χ0) is 14.8. The molecule has 0 spiro atoms. The van der Waals surface area contributed by atoms with E-state index >= 15 is 0 Å². The number of hydrogen-bond donors (Lipinski definition) is 0. The molecule has 1 aromatic heterocycles. The van der Waals surface area contributed by atoms with Crippen molar-refractivity contribution in [2.75, 3.05) is 0 Å². The van der Waals surface area contributed by atoms with Gasteiger partial charge in [0.15, 0.2) is 5.82 Å². The highest BCUT2D eigenvalue weighted by Crippen LogP contribution is 2.27. The van der Waals surface area contributed by atoms with E-state index in [2.05, 4.69) is 42.1 Å². The molecule has 3 rings (SSSR count). The van der Waals surface area contributed by atoms with Crippen LogP contribution in [0.25, 0.3) is 17.1 Å². The van der Waals surface area contributed by atoms with Crippen LogP contribution >= 0.6 is 31.9 Å². The summed E-state index contributed by atoms with van der Waals surface area (Å²) in [5.41, 5.74) is 1.32. The van der Waals surface area contributed by atoms with Gasteiger partial charge < -0.3 is 0 Å². The van der Waals surface area contributed by atoms with Crippen LogP contribution in [0.3, 0.4) is 0 Å². The third-order valence-electron chi connectivity index (χ3n) is 3.04. The summed E-state index contributed by atoms with van der Waals surface area (Å²) < 4.78 is 16.8. The molecule has 0 aliphatic carbocycles. The predicted molar refractivity (Wildman–Crippen MR) is 87.1 cm³/mol. The molecule has 0 aliphatic heterocycles. The maximum Gasteiger partial charge on any atom is 0.171 e. The third kappa shape index (κ3) is 2.78. The van der Waals surface area contributed by atoms with Crippen LogP contribution in [0.4, 0.5) is 4.39 Å². The second-order valence-corrected chi connectivity index (χ2v) is 5.85. The Morgan fingerprint density at radius 1 is 1.05 bits per heavy atom. The van der Waals surface area contributed by atoms with Crippen molar-refractivity contribution in [3.05, 3.63) is 64.6 Å². The lowest BCUT2D eigenvalue weighted by atomic mass is 10.2. The number of halogens is 3. The molecule has 6 heteroatoms. The van der Waals surface area contributed by atoms with E-state index in [0.717, 1.165) is 11.5 Å². The summed E-state index contributed by atoms with van der Waals surface area (Å²) >= 11 is 6.66. The van der Waals surface area contributed by atoms with Crippen LogP contribution in [-0.4, -0.2) is 14.8 Å². The molecule has 0 atom stereocenters. The topological polar surface area (TPSA) is 30.7 Å². The first-order valence-corrected chi connectivity index (χ1v) is 8.13. The summed E-state index contributed by atoms with van der Waals surface area (Å²) in [6.07, 6.45) is 0. The minimum Gasteiger partial charge on any atom is -0.278 e. The number of rotatable bonds is 3. The molecule has 1 heterocycles. The van der Waals surface area contributed by atoms with Gasteiger partial charge in [-0.2, -0.15) is 0 Å². The Hall–Kier alpha value is -1.53. The lowest BCUT2D eigenvalue weighted by Gasteiger charge is -2.10. The van der Waals surface area contributed by atoms with Gasteiger partial charge in [-0.05, 0) is 30.3 Å². The van der Waals surface area contributed by atoms with Crippen molar-refractivity contribution in [3.8, 4) is 17.1 Å². The van der Waals surface area contributed by atoms with Crippen molar-refractivity contribution in [1.82, 2.24) is 14.8 Å². The first-order valence-electron chi connectivity index (χ1n) is 6.22. The third-order valence-corrected chi connectivity index (χ3v) is 4.03. The minimum atomic E-state index is -0.338. The molecule has 0 amide bonds. The molecule has 0 radical (unpaired) electrons. The lowest BCUT2D eigenvalue weighted by molar-refractivity contribution is 0.628. The average Bonchev–Trinajstić information content (AvgIpc) is 2.92. The molecule has 0 fully saturated rings.